The fourth-order valence-electron chi connectivity index (χ4n) is 3.49. The minimum atomic E-state index is -0.0563. The van der Waals surface area contributed by atoms with Crippen molar-refractivity contribution in [3.8, 4) is 33.4 Å². The van der Waals surface area contributed by atoms with E-state index in [2.05, 4.69) is 61.7 Å². The monoisotopic (exact) mass is 492 g/mol. The minimum absolute atomic E-state index is 0.0101. The molecule has 4 heteroatoms. The van der Waals surface area contributed by atoms with Gasteiger partial charge in [0.05, 0.1) is 0 Å². The number of hydrogen-bond donors (Lipinski definition) is 0. The summed E-state index contributed by atoms with van der Waals surface area (Å²) in [6.07, 6.45) is 1.33. The van der Waals surface area contributed by atoms with Crippen LogP contribution in [-0.2, 0) is 9.59 Å². The zero-order chi connectivity index (χ0) is 24.8. The van der Waals surface area contributed by atoms with Crippen molar-refractivity contribution >= 4 is 33.8 Å². The molecule has 4 aromatic carbocycles. The zero-order valence-electron chi connectivity index (χ0n) is 19.4. The molecular formula is C31H24O2S2. The first-order valence-electron chi connectivity index (χ1n) is 11.1. The Hall–Kier alpha value is -3.60. The topological polar surface area (TPSA) is 34.1 Å². The molecule has 4 aromatic rings. The third kappa shape index (κ3) is 6.30. The number of thioether (sulfide) groups is 2. The van der Waals surface area contributed by atoms with E-state index in [1.807, 2.05) is 48.5 Å². The highest BCUT2D eigenvalue weighted by molar-refractivity contribution is 8.14. The standard InChI is InChI=1S/C31H24O2S2/c1-4-30(32)34-28-17-13-26(14-18-28)24-9-5-22(6-10-24)23-7-11-25(12-8-23)27-15-19-29(20-16-27)35-31(33)21(2)3/h4-20H,1-2H2,3H3. The molecule has 0 saturated heterocycles. The smallest absolute Gasteiger partial charge is 0.219 e. The van der Waals surface area contributed by atoms with Gasteiger partial charge in [0.2, 0.25) is 10.2 Å². The van der Waals surface area contributed by atoms with Gasteiger partial charge in [0.25, 0.3) is 0 Å². The van der Waals surface area contributed by atoms with Crippen LogP contribution in [0, 0.1) is 0 Å². The quantitative estimate of drug-likeness (QED) is 0.191. The highest BCUT2D eigenvalue weighted by Crippen LogP contribution is 2.30. The molecular weight excluding hydrogens is 468 g/mol. The predicted molar refractivity (Wildman–Crippen MR) is 149 cm³/mol. The molecule has 0 aliphatic carbocycles. The molecule has 0 atom stereocenters. The number of carbonyl (C=O) groups excluding carboxylic acids is 2. The van der Waals surface area contributed by atoms with E-state index < -0.39 is 0 Å². The van der Waals surface area contributed by atoms with Crippen LogP contribution in [0.1, 0.15) is 6.92 Å². The summed E-state index contributed by atoms with van der Waals surface area (Å²) < 4.78 is 0. The van der Waals surface area contributed by atoms with Crippen molar-refractivity contribution in [2.45, 2.75) is 16.7 Å². The summed E-state index contributed by atoms with van der Waals surface area (Å²) in [6.45, 7) is 8.93. The normalized spacial score (nSPS) is 10.5. The summed E-state index contributed by atoms with van der Waals surface area (Å²) in [4.78, 5) is 25.2. The summed E-state index contributed by atoms with van der Waals surface area (Å²) in [7, 11) is 0. The van der Waals surface area contributed by atoms with Gasteiger partial charge in [-0.2, -0.15) is 0 Å². The number of rotatable bonds is 7. The Morgan fingerprint density at radius 2 is 0.857 bits per heavy atom. The molecule has 0 amide bonds. The molecule has 172 valence electrons. The highest BCUT2D eigenvalue weighted by Gasteiger charge is 2.07. The van der Waals surface area contributed by atoms with Gasteiger partial charge in [-0.25, -0.2) is 0 Å². The van der Waals surface area contributed by atoms with E-state index in [0.29, 0.717) is 5.57 Å². The van der Waals surface area contributed by atoms with E-state index >= 15 is 0 Å². The summed E-state index contributed by atoms with van der Waals surface area (Å²) in [5.41, 5.74) is 7.31. The average molecular weight is 493 g/mol. The van der Waals surface area contributed by atoms with Crippen LogP contribution in [0.25, 0.3) is 33.4 Å². The molecule has 0 spiro atoms. The maximum atomic E-state index is 11.8. The van der Waals surface area contributed by atoms with Gasteiger partial charge in [0.15, 0.2) is 0 Å². The van der Waals surface area contributed by atoms with E-state index in [4.69, 9.17) is 0 Å². The van der Waals surface area contributed by atoms with Crippen molar-refractivity contribution in [3.05, 3.63) is 122 Å². The highest BCUT2D eigenvalue weighted by atomic mass is 32.2. The summed E-state index contributed by atoms with van der Waals surface area (Å²) in [5.74, 6) is 0. The first-order chi connectivity index (χ1) is 16.9. The van der Waals surface area contributed by atoms with Crippen LogP contribution in [0.15, 0.2) is 132 Å². The van der Waals surface area contributed by atoms with Crippen LogP contribution >= 0.6 is 23.5 Å². The Balaban J connectivity index is 1.44. The minimum Gasteiger partial charge on any atom is -0.282 e. The zero-order valence-corrected chi connectivity index (χ0v) is 21.0. The summed E-state index contributed by atoms with van der Waals surface area (Å²) in [6, 6.07) is 32.9. The van der Waals surface area contributed by atoms with Crippen molar-refractivity contribution in [1.29, 1.82) is 0 Å². The summed E-state index contributed by atoms with van der Waals surface area (Å²) >= 11 is 2.38. The van der Waals surface area contributed by atoms with Gasteiger partial charge >= 0.3 is 0 Å². The summed E-state index contributed by atoms with van der Waals surface area (Å²) in [5, 5.41) is -0.0663. The maximum absolute atomic E-state index is 11.8. The Morgan fingerprint density at radius 1 is 0.571 bits per heavy atom. The molecule has 0 bridgehead atoms. The van der Waals surface area contributed by atoms with E-state index in [1.165, 1.54) is 29.6 Å². The van der Waals surface area contributed by atoms with Crippen molar-refractivity contribution in [2.75, 3.05) is 0 Å². The van der Waals surface area contributed by atoms with Crippen LogP contribution < -0.4 is 0 Å². The molecule has 0 aliphatic rings. The lowest BCUT2D eigenvalue weighted by molar-refractivity contribution is -0.108. The van der Waals surface area contributed by atoms with Gasteiger partial charge in [0.1, 0.15) is 0 Å². The Kier molecular flexibility index (Phi) is 7.86. The van der Waals surface area contributed by atoms with Gasteiger partial charge in [-0.3, -0.25) is 9.59 Å². The Labute approximate surface area is 214 Å². The molecule has 35 heavy (non-hydrogen) atoms. The lowest BCUT2D eigenvalue weighted by Gasteiger charge is -2.08. The largest absolute Gasteiger partial charge is 0.282 e. The molecule has 0 unspecified atom stereocenters. The van der Waals surface area contributed by atoms with Crippen LogP contribution in [0.5, 0.6) is 0 Å². The maximum Gasteiger partial charge on any atom is 0.219 e. The van der Waals surface area contributed by atoms with Crippen molar-refractivity contribution in [3.63, 3.8) is 0 Å². The fourth-order valence-corrected chi connectivity index (χ4v) is 4.74. The molecule has 0 aromatic heterocycles. The lowest BCUT2D eigenvalue weighted by Crippen LogP contribution is -1.90. The van der Waals surface area contributed by atoms with Gasteiger partial charge in [0, 0.05) is 9.79 Å². The van der Waals surface area contributed by atoms with Crippen LogP contribution in [0.3, 0.4) is 0 Å². The van der Waals surface area contributed by atoms with E-state index in [1.54, 1.807) is 6.92 Å². The van der Waals surface area contributed by atoms with Crippen molar-refractivity contribution in [1.82, 2.24) is 0 Å². The second-order valence-electron chi connectivity index (χ2n) is 8.00. The fraction of sp³-hybridized carbons (Fsp3) is 0.0323. The van der Waals surface area contributed by atoms with Crippen LogP contribution in [-0.4, -0.2) is 10.2 Å². The second kappa shape index (κ2) is 11.2. The third-order valence-electron chi connectivity index (χ3n) is 5.42. The van der Waals surface area contributed by atoms with Crippen molar-refractivity contribution in [2.24, 2.45) is 0 Å². The molecule has 0 fully saturated rings. The first kappa shape index (κ1) is 24.5. The molecule has 0 heterocycles. The Morgan fingerprint density at radius 3 is 1.14 bits per heavy atom. The molecule has 4 rings (SSSR count). The molecule has 0 radical (unpaired) electrons. The SMILES string of the molecule is C=CC(=O)Sc1ccc(-c2ccc(-c3ccc(-c4ccc(SC(=O)C(=C)C)cc4)cc3)cc2)cc1. The lowest BCUT2D eigenvalue weighted by atomic mass is 9.98. The van der Waals surface area contributed by atoms with Gasteiger partial charge in [-0.05, 0) is 99.7 Å². The molecule has 0 saturated carbocycles. The molecule has 0 aliphatic heterocycles. The molecule has 0 N–H and O–H groups in total. The Bertz CT molecular complexity index is 1370. The van der Waals surface area contributed by atoms with E-state index in [9.17, 15) is 9.59 Å². The van der Waals surface area contributed by atoms with E-state index in [-0.39, 0.29) is 10.2 Å². The number of benzene rings is 4. The number of carbonyl (C=O) groups is 2. The predicted octanol–water partition coefficient (Wildman–Crippen LogP) is 8.69. The van der Waals surface area contributed by atoms with Gasteiger partial charge in [-0.1, -0.05) is 86.0 Å². The van der Waals surface area contributed by atoms with Crippen LogP contribution in [0.2, 0.25) is 0 Å². The van der Waals surface area contributed by atoms with Gasteiger partial charge < -0.3 is 0 Å². The van der Waals surface area contributed by atoms with E-state index in [0.717, 1.165) is 43.2 Å². The molecule has 2 nitrogen and oxygen atoms in total. The second-order valence-corrected chi connectivity index (χ2v) is 10.1. The third-order valence-corrected chi connectivity index (χ3v) is 7.34. The number of hydrogen-bond acceptors (Lipinski definition) is 4. The van der Waals surface area contributed by atoms with Crippen molar-refractivity contribution < 1.29 is 9.59 Å². The average Bonchev–Trinajstić information content (AvgIpc) is 2.89. The van der Waals surface area contributed by atoms with Gasteiger partial charge in [-0.15, -0.1) is 0 Å². The first-order valence-corrected chi connectivity index (χ1v) is 12.7. The van der Waals surface area contributed by atoms with Crippen LogP contribution in [0.4, 0.5) is 0 Å².